The summed E-state index contributed by atoms with van der Waals surface area (Å²) in [4.78, 5) is 0. The first-order valence-corrected chi connectivity index (χ1v) is 4.87. The summed E-state index contributed by atoms with van der Waals surface area (Å²) in [6.07, 6.45) is 7.85. The van der Waals surface area contributed by atoms with Crippen LogP contribution in [0.15, 0.2) is 0 Å². The molecule has 0 spiro atoms. The maximum absolute atomic E-state index is 8.69. The van der Waals surface area contributed by atoms with Gasteiger partial charge in [-0.3, -0.25) is 0 Å². The lowest BCUT2D eigenvalue weighted by Crippen LogP contribution is -2.30. The van der Waals surface area contributed by atoms with Crippen molar-refractivity contribution >= 4 is 0 Å². The lowest BCUT2D eigenvalue weighted by atomic mass is 9.88. The third-order valence-corrected chi connectivity index (χ3v) is 2.06. The molecule has 0 unspecified atom stereocenters. The Morgan fingerprint density at radius 1 is 1.46 bits per heavy atom. The Hall–Kier alpha value is -0.520. The maximum atomic E-state index is 8.69. The van der Waals surface area contributed by atoms with Crippen LogP contribution in [0.1, 0.15) is 33.1 Å². The number of aliphatic hydroxyl groups is 1. The molecule has 0 aromatic rings. The molecule has 2 nitrogen and oxygen atoms in total. The smallest absolute Gasteiger partial charge is 0.0431 e. The lowest BCUT2D eigenvalue weighted by molar-refractivity contribution is 0.237. The molecule has 13 heavy (non-hydrogen) atoms. The van der Waals surface area contributed by atoms with Crippen LogP contribution in [0.5, 0.6) is 0 Å². The zero-order valence-electron chi connectivity index (χ0n) is 8.77. The normalized spacial score (nSPS) is 11.2. The van der Waals surface area contributed by atoms with E-state index in [4.69, 9.17) is 11.5 Å². The van der Waals surface area contributed by atoms with Crippen LogP contribution in [0, 0.1) is 17.8 Å². The van der Waals surface area contributed by atoms with Gasteiger partial charge in [0.2, 0.25) is 0 Å². The zero-order chi connectivity index (χ0) is 10.2. The van der Waals surface area contributed by atoms with Crippen LogP contribution in [0.25, 0.3) is 0 Å². The topological polar surface area (TPSA) is 32.3 Å². The van der Waals surface area contributed by atoms with Crippen molar-refractivity contribution in [2.45, 2.75) is 33.1 Å². The van der Waals surface area contributed by atoms with Gasteiger partial charge in [0.15, 0.2) is 0 Å². The van der Waals surface area contributed by atoms with Crippen molar-refractivity contribution < 1.29 is 5.11 Å². The van der Waals surface area contributed by atoms with E-state index in [0.29, 0.717) is 0 Å². The first-order chi connectivity index (χ1) is 6.12. The molecule has 0 saturated carbocycles. The SMILES string of the molecule is C#CCCNCC(C)(C)CCCO. The van der Waals surface area contributed by atoms with Gasteiger partial charge in [0.05, 0.1) is 0 Å². The Balaban J connectivity index is 3.45. The minimum absolute atomic E-state index is 0.261. The highest BCUT2D eigenvalue weighted by Gasteiger charge is 2.15. The standard InChI is InChI=1S/C11H21NO/c1-4-5-8-12-10-11(2,3)7-6-9-13/h1,12-13H,5-10H2,2-3H3. The van der Waals surface area contributed by atoms with Gasteiger partial charge in [-0.15, -0.1) is 12.3 Å². The Morgan fingerprint density at radius 2 is 2.15 bits per heavy atom. The highest BCUT2D eigenvalue weighted by Crippen LogP contribution is 2.20. The van der Waals surface area contributed by atoms with Gasteiger partial charge in [0.1, 0.15) is 0 Å². The molecule has 0 radical (unpaired) electrons. The third kappa shape index (κ3) is 7.83. The maximum Gasteiger partial charge on any atom is 0.0431 e. The van der Waals surface area contributed by atoms with Crippen LogP contribution < -0.4 is 5.32 Å². The molecule has 0 aromatic carbocycles. The monoisotopic (exact) mass is 183 g/mol. The van der Waals surface area contributed by atoms with Crippen LogP contribution in [-0.4, -0.2) is 24.8 Å². The Morgan fingerprint density at radius 3 is 2.69 bits per heavy atom. The summed E-state index contributed by atoms with van der Waals surface area (Å²) in [5.74, 6) is 2.59. The van der Waals surface area contributed by atoms with Crippen molar-refractivity contribution in [1.82, 2.24) is 5.32 Å². The van der Waals surface area contributed by atoms with E-state index in [1.54, 1.807) is 0 Å². The van der Waals surface area contributed by atoms with E-state index in [1.807, 2.05) is 0 Å². The zero-order valence-corrected chi connectivity index (χ0v) is 8.77. The Labute approximate surface area is 81.7 Å². The number of hydrogen-bond acceptors (Lipinski definition) is 2. The molecular formula is C11H21NO. The van der Waals surface area contributed by atoms with Gasteiger partial charge in [-0.1, -0.05) is 13.8 Å². The molecule has 0 bridgehead atoms. The van der Waals surface area contributed by atoms with Crippen LogP contribution >= 0.6 is 0 Å². The van der Waals surface area contributed by atoms with Crippen molar-refractivity contribution in [3.8, 4) is 12.3 Å². The predicted octanol–water partition coefficient (Wildman–Crippen LogP) is 1.40. The van der Waals surface area contributed by atoms with Gasteiger partial charge >= 0.3 is 0 Å². The second-order valence-electron chi connectivity index (χ2n) is 4.12. The molecule has 0 aliphatic carbocycles. The second kappa shape index (κ2) is 6.94. The van der Waals surface area contributed by atoms with Gasteiger partial charge < -0.3 is 10.4 Å². The summed E-state index contributed by atoms with van der Waals surface area (Å²) in [7, 11) is 0. The van der Waals surface area contributed by atoms with Crippen LogP contribution in [-0.2, 0) is 0 Å². The molecule has 0 rings (SSSR count). The molecule has 0 aliphatic rings. The molecule has 0 aromatic heterocycles. The van der Waals surface area contributed by atoms with Crippen LogP contribution in [0.2, 0.25) is 0 Å². The van der Waals surface area contributed by atoms with Gasteiger partial charge in [0, 0.05) is 26.1 Å². The fourth-order valence-corrected chi connectivity index (χ4v) is 1.23. The van der Waals surface area contributed by atoms with Crippen molar-refractivity contribution in [2.75, 3.05) is 19.7 Å². The van der Waals surface area contributed by atoms with E-state index in [1.165, 1.54) is 0 Å². The summed E-state index contributed by atoms with van der Waals surface area (Å²) in [5, 5.41) is 12.0. The fourth-order valence-electron chi connectivity index (χ4n) is 1.23. The Kier molecular flexibility index (Phi) is 6.66. The van der Waals surface area contributed by atoms with E-state index in [-0.39, 0.29) is 12.0 Å². The number of hydrogen-bond donors (Lipinski definition) is 2. The van der Waals surface area contributed by atoms with Gasteiger partial charge in [-0.05, 0) is 18.3 Å². The number of aliphatic hydroxyl groups excluding tert-OH is 1. The predicted molar refractivity (Wildman–Crippen MR) is 56.4 cm³/mol. The van der Waals surface area contributed by atoms with Gasteiger partial charge in [-0.25, -0.2) is 0 Å². The quantitative estimate of drug-likeness (QED) is 0.462. The first kappa shape index (κ1) is 12.5. The van der Waals surface area contributed by atoms with E-state index in [0.717, 1.165) is 32.4 Å². The highest BCUT2D eigenvalue weighted by molar-refractivity contribution is 4.84. The average Bonchev–Trinajstić information content (AvgIpc) is 2.09. The summed E-state index contributed by atoms with van der Waals surface area (Å²) in [6.45, 7) is 6.54. The summed E-state index contributed by atoms with van der Waals surface area (Å²) in [5.41, 5.74) is 0.261. The molecule has 0 atom stereocenters. The third-order valence-electron chi connectivity index (χ3n) is 2.06. The Bertz CT molecular complexity index is 158. The molecule has 0 aliphatic heterocycles. The summed E-state index contributed by atoms with van der Waals surface area (Å²) < 4.78 is 0. The summed E-state index contributed by atoms with van der Waals surface area (Å²) >= 11 is 0. The highest BCUT2D eigenvalue weighted by atomic mass is 16.2. The molecule has 0 fully saturated rings. The first-order valence-electron chi connectivity index (χ1n) is 4.87. The largest absolute Gasteiger partial charge is 0.396 e. The molecule has 0 heterocycles. The fraction of sp³-hybridized carbons (Fsp3) is 0.818. The van der Waals surface area contributed by atoms with E-state index in [2.05, 4.69) is 25.1 Å². The van der Waals surface area contributed by atoms with Crippen molar-refractivity contribution in [2.24, 2.45) is 5.41 Å². The number of nitrogens with one attached hydrogen (secondary N) is 1. The lowest BCUT2D eigenvalue weighted by Gasteiger charge is -2.24. The van der Waals surface area contributed by atoms with E-state index in [9.17, 15) is 0 Å². The molecule has 0 amide bonds. The van der Waals surface area contributed by atoms with Crippen LogP contribution in [0.3, 0.4) is 0 Å². The molecule has 2 N–H and O–H groups in total. The van der Waals surface area contributed by atoms with Gasteiger partial charge in [0.25, 0.3) is 0 Å². The minimum Gasteiger partial charge on any atom is -0.396 e. The molecule has 2 heteroatoms. The number of terminal acetylenes is 1. The molecule has 0 saturated heterocycles. The number of rotatable bonds is 7. The molecular weight excluding hydrogens is 162 g/mol. The summed E-state index contributed by atoms with van der Waals surface area (Å²) in [6, 6.07) is 0. The van der Waals surface area contributed by atoms with Crippen molar-refractivity contribution in [3.05, 3.63) is 0 Å². The van der Waals surface area contributed by atoms with Crippen molar-refractivity contribution in [3.63, 3.8) is 0 Å². The van der Waals surface area contributed by atoms with Gasteiger partial charge in [-0.2, -0.15) is 0 Å². The minimum atomic E-state index is 0.261. The average molecular weight is 183 g/mol. The van der Waals surface area contributed by atoms with E-state index >= 15 is 0 Å². The van der Waals surface area contributed by atoms with Crippen molar-refractivity contribution in [1.29, 1.82) is 0 Å². The van der Waals surface area contributed by atoms with Crippen LogP contribution in [0.4, 0.5) is 0 Å². The molecule has 76 valence electrons. The second-order valence-corrected chi connectivity index (χ2v) is 4.12. The van der Waals surface area contributed by atoms with E-state index < -0.39 is 0 Å².